The maximum Gasteiger partial charge on any atom is 0.416 e. The Balaban J connectivity index is 1.46. The first-order valence-corrected chi connectivity index (χ1v) is 10.3. The topological polar surface area (TPSA) is 23.5 Å². The minimum absolute atomic E-state index is 0.245. The van der Waals surface area contributed by atoms with Crippen LogP contribution in [-0.2, 0) is 11.8 Å². The zero-order valence-corrected chi connectivity index (χ0v) is 16.2. The molecule has 1 heterocycles. The molecule has 1 aliphatic heterocycles. The molecule has 2 aromatic carbocycles. The molecule has 152 valence electrons. The van der Waals surface area contributed by atoms with Crippen LogP contribution in [0.1, 0.15) is 30.4 Å². The normalized spacial score (nSPS) is 17.6. The van der Waals surface area contributed by atoms with E-state index in [-0.39, 0.29) is 5.82 Å². The van der Waals surface area contributed by atoms with Crippen molar-refractivity contribution < 1.29 is 22.7 Å². The summed E-state index contributed by atoms with van der Waals surface area (Å²) >= 11 is 1.67. The molecule has 0 saturated carbocycles. The summed E-state index contributed by atoms with van der Waals surface area (Å²) in [6.07, 6.45) is -2.63. The van der Waals surface area contributed by atoms with E-state index in [9.17, 15) is 22.7 Å². The minimum atomic E-state index is -4.41. The molecule has 1 aliphatic rings. The standard InChI is InChI=1S/C21H23F4NOS/c22-18-5-7-19(8-6-18)28-14-2-11-26-12-9-20(27,10-13-26)16-3-1-4-17(15-16)21(23,24)25/h1,3-8,15,27H,2,9-14H2. The number of rotatable bonds is 6. The molecular weight excluding hydrogens is 390 g/mol. The number of halogens is 4. The lowest BCUT2D eigenvalue weighted by Crippen LogP contribution is -2.43. The van der Waals surface area contributed by atoms with Crippen LogP contribution in [-0.4, -0.2) is 35.4 Å². The average Bonchev–Trinajstić information content (AvgIpc) is 2.68. The van der Waals surface area contributed by atoms with E-state index < -0.39 is 17.3 Å². The third-order valence-corrected chi connectivity index (χ3v) is 6.21. The summed E-state index contributed by atoms with van der Waals surface area (Å²) in [6.45, 7) is 2.16. The predicted octanol–water partition coefficient (Wildman–Crippen LogP) is 5.31. The average molecular weight is 413 g/mol. The first-order valence-electron chi connectivity index (χ1n) is 9.27. The van der Waals surface area contributed by atoms with Crippen molar-refractivity contribution in [1.29, 1.82) is 0 Å². The van der Waals surface area contributed by atoms with E-state index >= 15 is 0 Å². The van der Waals surface area contributed by atoms with Crippen molar-refractivity contribution in [2.75, 3.05) is 25.4 Å². The van der Waals surface area contributed by atoms with Gasteiger partial charge >= 0.3 is 6.18 Å². The van der Waals surface area contributed by atoms with Crippen molar-refractivity contribution in [2.24, 2.45) is 0 Å². The first kappa shape index (κ1) is 21.1. The van der Waals surface area contributed by atoms with Crippen LogP contribution >= 0.6 is 11.8 Å². The second kappa shape index (κ2) is 8.84. The van der Waals surface area contributed by atoms with E-state index in [1.54, 1.807) is 30.0 Å². The van der Waals surface area contributed by atoms with Crippen molar-refractivity contribution in [1.82, 2.24) is 4.90 Å². The van der Waals surface area contributed by atoms with Crippen molar-refractivity contribution in [3.8, 4) is 0 Å². The number of likely N-dealkylation sites (tertiary alicyclic amines) is 1. The Hall–Kier alpha value is -1.57. The largest absolute Gasteiger partial charge is 0.416 e. The molecule has 2 nitrogen and oxygen atoms in total. The molecule has 1 fully saturated rings. The first-order chi connectivity index (χ1) is 13.3. The van der Waals surface area contributed by atoms with Crippen molar-refractivity contribution in [3.05, 3.63) is 65.5 Å². The van der Waals surface area contributed by atoms with Crippen LogP contribution in [0, 0.1) is 5.82 Å². The monoisotopic (exact) mass is 413 g/mol. The second-order valence-electron chi connectivity index (χ2n) is 7.11. The Bertz CT molecular complexity index is 771. The highest BCUT2D eigenvalue weighted by Crippen LogP contribution is 2.36. The van der Waals surface area contributed by atoms with Gasteiger partial charge in [-0.1, -0.05) is 12.1 Å². The van der Waals surface area contributed by atoms with E-state index in [2.05, 4.69) is 4.90 Å². The van der Waals surface area contributed by atoms with E-state index in [0.29, 0.717) is 31.5 Å². The zero-order chi connectivity index (χ0) is 20.2. The Morgan fingerprint density at radius 1 is 1.04 bits per heavy atom. The van der Waals surface area contributed by atoms with Gasteiger partial charge in [0.1, 0.15) is 5.82 Å². The van der Waals surface area contributed by atoms with Gasteiger partial charge in [0.2, 0.25) is 0 Å². The lowest BCUT2D eigenvalue weighted by molar-refractivity contribution is -0.137. The van der Waals surface area contributed by atoms with Gasteiger partial charge in [-0.2, -0.15) is 13.2 Å². The molecule has 2 aromatic rings. The Labute approximate surface area is 166 Å². The van der Waals surface area contributed by atoms with Gasteiger partial charge in [0, 0.05) is 18.0 Å². The second-order valence-corrected chi connectivity index (χ2v) is 8.28. The lowest BCUT2D eigenvalue weighted by atomic mass is 9.83. The number of aliphatic hydroxyl groups is 1. The highest BCUT2D eigenvalue weighted by molar-refractivity contribution is 7.99. The molecule has 0 aliphatic carbocycles. The van der Waals surface area contributed by atoms with Crippen LogP contribution in [0.25, 0.3) is 0 Å². The molecule has 0 unspecified atom stereocenters. The summed E-state index contributed by atoms with van der Waals surface area (Å²) < 4.78 is 51.7. The van der Waals surface area contributed by atoms with Gasteiger partial charge in [-0.25, -0.2) is 4.39 Å². The Kier molecular flexibility index (Phi) is 6.68. The van der Waals surface area contributed by atoms with Gasteiger partial charge in [0.15, 0.2) is 0 Å². The summed E-state index contributed by atoms with van der Waals surface area (Å²) in [6, 6.07) is 11.4. The van der Waals surface area contributed by atoms with E-state index in [1.807, 2.05) is 0 Å². The maximum atomic E-state index is 12.9. The summed E-state index contributed by atoms with van der Waals surface area (Å²) in [5.74, 6) is 0.658. The minimum Gasteiger partial charge on any atom is -0.385 e. The summed E-state index contributed by atoms with van der Waals surface area (Å²) in [4.78, 5) is 3.26. The number of thioether (sulfide) groups is 1. The van der Waals surface area contributed by atoms with Crippen molar-refractivity contribution in [3.63, 3.8) is 0 Å². The van der Waals surface area contributed by atoms with E-state index in [0.717, 1.165) is 35.7 Å². The molecule has 0 bridgehead atoms. The van der Waals surface area contributed by atoms with Crippen LogP contribution in [0.2, 0.25) is 0 Å². The molecule has 0 spiro atoms. The molecule has 1 N–H and O–H groups in total. The number of benzene rings is 2. The molecule has 28 heavy (non-hydrogen) atoms. The zero-order valence-electron chi connectivity index (χ0n) is 15.4. The summed E-state index contributed by atoms with van der Waals surface area (Å²) in [5, 5.41) is 10.9. The highest BCUT2D eigenvalue weighted by atomic mass is 32.2. The fraction of sp³-hybridized carbons (Fsp3) is 0.429. The van der Waals surface area contributed by atoms with Gasteiger partial charge in [0.05, 0.1) is 11.2 Å². The molecule has 7 heteroatoms. The predicted molar refractivity (Wildman–Crippen MR) is 103 cm³/mol. The third-order valence-electron chi connectivity index (χ3n) is 5.11. The van der Waals surface area contributed by atoms with Crippen molar-refractivity contribution in [2.45, 2.75) is 35.9 Å². The van der Waals surface area contributed by atoms with Crippen LogP contribution in [0.5, 0.6) is 0 Å². The molecule has 0 radical (unpaired) electrons. The van der Waals surface area contributed by atoms with Gasteiger partial charge in [-0.05, 0) is 73.5 Å². The highest BCUT2D eigenvalue weighted by Gasteiger charge is 2.36. The molecule has 0 aromatic heterocycles. The number of nitrogens with zero attached hydrogens (tertiary/aromatic N) is 1. The molecule has 1 saturated heterocycles. The third kappa shape index (κ3) is 5.49. The molecule has 0 atom stereocenters. The van der Waals surface area contributed by atoms with Gasteiger partial charge < -0.3 is 10.0 Å². The summed E-state index contributed by atoms with van der Waals surface area (Å²) in [7, 11) is 0. The lowest BCUT2D eigenvalue weighted by Gasteiger charge is -2.38. The number of hydrogen-bond acceptors (Lipinski definition) is 3. The van der Waals surface area contributed by atoms with E-state index in [4.69, 9.17) is 0 Å². The maximum absolute atomic E-state index is 12.9. The number of alkyl halides is 3. The molecular formula is C21H23F4NOS. The quantitative estimate of drug-likeness (QED) is 0.394. The van der Waals surface area contributed by atoms with Gasteiger partial charge in [-0.15, -0.1) is 11.8 Å². The van der Waals surface area contributed by atoms with Crippen LogP contribution in [0.3, 0.4) is 0 Å². The smallest absolute Gasteiger partial charge is 0.385 e. The molecule has 0 amide bonds. The Morgan fingerprint density at radius 2 is 1.71 bits per heavy atom. The van der Waals surface area contributed by atoms with Gasteiger partial charge in [-0.3, -0.25) is 0 Å². The van der Waals surface area contributed by atoms with Crippen LogP contribution in [0.4, 0.5) is 17.6 Å². The molecule has 3 rings (SSSR count). The van der Waals surface area contributed by atoms with Crippen LogP contribution < -0.4 is 0 Å². The SMILES string of the molecule is OC1(c2cccc(C(F)(F)F)c2)CCN(CCCSc2ccc(F)cc2)CC1. The fourth-order valence-corrected chi connectivity index (χ4v) is 4.27. The van der Waals surface area contributed by atoms with Gasteiger partial charge in [0.25, 0.3) is 0 Å². The fourth-order valence-electron chi connectivity index (χ4n) is 3.43. The number of hydrogen-bond donors (Lipinski definition) is 1. The van der Waals surface area contributed by atoms with Crippen LogP contribution in [0.15, 0.2) is 53.4 Å². The summed E-state index contributed by atoms with van der Waals surface area (Å²) in [5.41, 5.74) is -1.59. The Morgan fingerprint density at radius 3 is 2.36 bits per heavy atom. The number of piperidine rings is 1. The van der Waals surface area contributed by atoms with Crippen molar-refractivity contribution >= 4 is 11.8 Å². The van der Waals surface area contributed by atoms with E-state index in [1.165, 1.54) is 18.2 Å².